The standard InChI is InChI=1S/C9H9BrF2S/c10-2-1-3-13-9-5-7(11)4-8(12)6-9/h4-6H,1-3H2. The van der Waals surface area contributed by atoms with Crippen molar-refractivity contribution >= 4 is 27.7 Å². The highest BCUT2D eigenvalue weighted by atomic mass is 79.9. The molecular weight excluding hydrogens is 258 g/mol. The monoisotopic (exact) mass is 266 g/mol. The van der Waals surface area contributed by atoms with Crippen molar-refractivity contribution in [3.63, 3.8) is 0 Å². The molecule has 13 heavy (non-hydrogen) atoms. The van der Waals surface area contributed by atoms with E-state index in [-0.39, 0.29) is 0 Å². The lowest BCUT2D eigenvalue weighted by Gasteiger charge is -2.00. The van der Waals surface area contributed by atoms with Gasteiger partial charge in [-0.05, 0) is 24.3 Å². The highest BCUT2D eigenvalue weighted by molar-refractivity contribution is 9.09. The van der Waals surface area contributed by atoms with Crippen LogP contribution in [0.15, 0.2) is 23.1 Å². The largest absolute Gasteiger partial charge is 0.207 e. The Kier molecular flexibility index (Phi) is 4.73. The van der Waals surface area contributed by atoms with Gasteiger partial charge in [0, 0.05) is 16.3 Å². The van der Waals surface area contributed by atoms with Gasteiger partial charge in [0.2, 0.25) is 0 Å². The number of benzene rings is 1. The molecule has 1 rings (SSSR count). The minimum atomic E-state index is -0.513. The van der Waals surface area contributed by atoms with E-state index in [0.29, 0.717) is 4.90 Å². The topological polar surface area (TPSA) is 0 Å². The maximum absolute atomic E-state index is 12.7. The molecule has 1 aromatic rings. The molecule has 0 aromatic heterocycles. The van der Waals surface area contributed by atoms with E-state index in [1.807, 2.05) is 0 Å². The summed E-state index contributed by atoms with van der Waals surface area (Å²) in [5, 5.41) is 0.914. The fourth-order valence-electron chi connectivity index (χ4n) is 0.856. The van der Waals surface area contributed by atoms with E-state index in [0.717, 1.165) is 23.6 Å². The van der Waals surface area contributed by atoms with Gasteiger partial charge in [0.25, 0.3) is 0 Å². The first-order chi connectivity index (χ1) is 6.22. The molecule has 0 aliphatic rings. The normalized spacial score (nSPS) is 10.4. The first-order valence-corrected chi connectivity index (χ1v) is 5.98. The fourth-order valence-corrected chi connectivity index (χ4v) is 2.42. The van der Waals surface area contributed by atoms with Gasteiger partial charge < -0.3 is 0 Å². The molecule has 0 radical (unpaired) electrons. The Hall–Kier alpha value is -0.0900. The molecule has 0 nitrogen and oxygen atoms in total. The van der Waals surface area contributed by atoms with Crippen molar-refractivity contribution in [3.8, 4) is 0 Å². The third-order valence-electron chi connectivity index (χ3n) is 1.38. The van der Waals surface area contributed by atoms with Gasteiger partial charge in [-0.3, -0.25) is 0 Å². The van der Waals surface area contributed by atoms with Gasteiger partial charge in [-0.2, -0.15) is 0 Å². The Bertz CT molecular complexity index is 258. The average molecular weight is 267 g/mol. The van der Waals surface area contributed by atoms with Crippen molar-refractivity contribution < 1.29 is 8.78 Å². The first kappa shape index (κ1) is 11.0. The van der Waals surface area contributed by atoms with Gasteiger partial charge in [0.15, 0.2) is 0 Å². The number of hydrogen-bond acceptors (Lipinski definition) is 1. The summed E-state index contributed by atoms with van der Waals surface area (Å²) in [5.74, 6) is -0.156. The second-order valence-corrected chi connectivity index (χ2v) is 4.46. The number of alkyl halides is 1. The number of hydrogen-bond donors (Lipinski definition) is 0. The summed E-state index contributed by atoms with van der Waals surface area (Å²) < 4.78 is 25.3. The summed E-state index contributed by atoms with van der Waals surface area (Å²) in [5.41, 5.74) is 0. The van der Waals surface area contributed by atoms with Crippen molar-refractivity contribution in [2.24, 2.45) is 0 Å². The van der Waals surface area contributed by atoms with Gasteiger partial charge in [-0.1, -0.05) is 15.9 Å². The zero-order chi connectivity index (χ0) is 9.68. The van der Waals surface area contributed by atoms with E-state index >= 15 is 0 Å². The molecule has 0 atom stereocenters. The molecule has 0 bridgehead atoms. The summed E-state index contributed by atoms with van der Waals surface area (Å²) in [6.45, 7) is 0. The van der Waals surface area contributed by atoms with Crippen molar-refractivity contribution in [2.75, 3.05) is 11.1 Å². The molecule has 1 aromatic carbocycles. The third kappa shape index (κ3) is 4.09. The molecule has 0 spiro atoms. The van der Waals surface area contributed by atoms with Crippen molar-refractivity contribution in [2.45, 2.75) is 11.3 Å². The molecule has 0 saturated heterocycles. The minimum Gasteiger partial charge on any atom is -0.207 e. The maximum Gasteiger partial charge on any atom is 0.127 e. The zero-order valence-electron chi connectivity index (χ0n) is 6.90. The van der Waals surface area contributed by atoms with E-state index in [4.69, 9.17) is 0 Å². The van der Waals surface area contributed by atoms with Crippen LogP contribution in [0.4, 0.5) is 8.78 Å². The van der Waals surface area contributed by atoms with Crippen LogP contribution in [0.5, 0.6) is 0 Å². The molecule has 0 unspecified atom stereocenters. The molecule has 0 heterocycles. The summed E-state index contributed by atoms with van der Waals surface area (Å²) in [6.07, 6.45) is 0.989. The maximum atomic E-state index is 12.7. The smallest absolute Gasteiger partial charge is 0.127 e. The lowest BCUT2D eigenvalue weighted by molar-refractivity contribution is 0.577. The van der Waals surface area contributed by atoms with E-state index in [9.17, 15) is 8.78 Å². The SMILES string of the molecule is Fc1cc(F)cc(SCCCBr)c1. The molecular formula is C9H9BrF2S. The van der Waals surface area contributed by atoms with Gasteiger partial charge in [0.05, 0.1) is 0 Å². The summed E-state index contributed by atoms with van der Waals surface area (Å²) >= 11 is 4.75. The molecule has 72 valence electrons. The van der Waals surface area contributed by atoms with Crippen LogP contribution in [0, 0.1) is 11.6 Å². The predicted molar refractivity (Wildman–Crippen MR) is 55.5 cm³/mol. The van der Waals surface area contributed by atoms with Gasteiger partial charge in [-0.15, -0.1) is 11.8 Å². The second kappa shape index (κ2) is 5.60. The van der Waals surface area contributed by atoms with Crippen LogP contribution in [0.1, 0.15) is 6.42 Å². The number of thioether (sulfide) groups is 1. The van der Waals surface area contributed by atoms with Gasteiger partial charge >= 0.3 is 0 Å². The molecule has 0 N–H and O–H groups in total. The average Bonchev–Trinajstić information content (AvgIpc) is 2.03. The molecule has 0 aliphatic heterocycles. The Morgan fingerprint density at radius 3 is 2.31 bits per heavy atom. The Balaban J connectivity index is 2.56. The lowest BCUT2D eigenvalue weighted by atomic mass is 10.3. The van der Waals surface area contributed by atoms with Crippen molar-refractivity contribution in [1.29, 1.82) is 0 Å². The minimum absolute atomic E-state index is 0.513. The summed E-state index contributed by atoms with van der Waals surface area (Å²) in [4.78, 5) is 0.651. The summed E-state index contributed by atoms with van der Waals surface area (Å²) in [7, 11) is 0. The van der Waals surface area contributed by atoms with E-state index in [1.165, 1.54) is 23.9 Å². The van der Waals surface area contributed by atoms with Crippen LogP contribution >= 0.6 is 27.7 Å². The van der Waals surface area contributed by atoms with Crippen LogP contribution in [-0.4, -0.2) is 11.1 Å². The van der Waals surface area contributed by atoms with Crippen LogP contribution in [0.3, 0.4) is 0 Å². The van der Waals surface area contributed by atoms with Gasteiger partial charge in [0.1, 0.15) is 11.6 Å². The number of rotatable bonds is 4. The third-order valence-corrected chi connectivity index (χ3v) is 3.01. The summed E-state index contributed by atoms with van der Waals surface area (Å²) in [6, 6.07) is 3.58. The van der Waals surface area contributed by atoms with E-state index in [2.05, 4.69) is 15.9 Å². The quantitative estimate of drug-likeness (QED) is 0.453. The molecule has 4 heteroatoms. The highest BCUT2D eigenvalue weighted by Crippen LogP contribution is 2.21. The highest BCUT2D eigenvalue weighted by Gasteiger charge is 2.00. The van der Waals surface area contributed by atoms with E-state index < -0.39 is 11.6 Å². The van der Waals surface area contributed by atoms with Crippen LogP contribution in [0.25, 0.3) is 0 Å². The predicted octanol–water partition coefficient (Wildman–Crippen LogP) is 3.84. The Morgan fingerprint density at radius 1 is 1.15 bits per heavy atom. The first-order valence-electron chi connectivity index (χ1n) is 3.87. The number of halogens is 3. The fraction of sp³-hybridized carbons (Fsp3) is 0.333. The Labute approximate surface area is 88.8 Å². The van der Waals surface area contributed by atoms with Crippen LogP contribution < -0.4 is 0 Å². The van der Waals surface area contributed by atoms with Crippen LogP contribution in [0.2, 0.25) is 0 Å². The van der Waals surface area contributed by atoms with Crippen molar-refractivity contribution in [3.05, 3.63) is 29.8 Å². The van der Waals surface area contributed by atoms with Crippen molar-refractivity contribution in [1.82, 2.24) is 0 Å². The second-order valence-electron chi connectivity index (χ2n) is 2.50. The Morgan fingerprint density at radius 2 is 1.77 bits per heavy atom. The molecule has 0 saturated carbocycles. The molecule has 0 fully saturated rings. The van der Waals surface area contributed by atoms with Gasteiger partial charge in [-0.25, -0.2) is 8.78 Å². The molecule has 0 amide bonds. The van der Waals surface area contributed by atoms with Crippen LogP contribution in [-0.2, 0) is 0 Å². The lowest BCUT2D eigenvalue weighted by Crippen LogP contribution is -1.84. The molecule has 0 aliphatic carbocycles. The zero-order valence-corrected chi connectivity index (χ0v) is 9.30. The van der Waals surface area contributed by atoms with E-state index in [1.54, 1.807) is 0 Å².